The van der Waals surface area contributed by atoms with E-state index in [4.69, 9.17) is 5.73 Å². The first-order chi connectivity index (χ1) is 8.44. The number of nitrogens with zero attached hydrogens (tertiary/aromatic N) is 4. The van der Waals surface area contributed by atoms with Gasteiger partial charge in [0.2, 0.25) is 0 Å². The number of hydrogen-bond donors (Lipinski definition) is 1. The second-order valence-electron chi connectivity index (χ2n) is 4.18. The van der Waals surface area contributed by atoms with Crippen molar-refractivity contribution in [2.24, 2.45) is 0 Å². The third-order valence-corrected chi connectivity index (χ3v) is 2.76. The highest BCUT2D eigenvalue weighted by atomic mass is 19.4. The number of nitrogens with two attached hydrogens (primary N) is 1. The lowest BCUT2D eigenvalue weighted by molar-refractivity contribution is -0.146. The summed E-state index contributed by atoms with van der Waals surface area (Å²) in [5.74, 6) is 0.977. The molecule has 1 saturated heterocycles. The number of hydrogen-bond acceptors (Lipinski definition) is 5. The van der Waals surface area contributed by atoms with Crippen molar-refractivity contribution in [3.63, 3.8) is 0 Å². The molecule has 1 aromatic rings. The van der Waals surface area contributed by atoms with Crippen molar-refractivity contribution in [3.05, 3.63) is 12.4 Å². The van der Waals surface area contributed by atoms with Crippen molar-refractivity contribution in [1.82, 2.24) is 14.9 Å². The van der Waals surface area contributed by atoms with E-state index in [1.165, 1.54) is 17.3 Å². The van der Waals surface area contributed by atoms with Crippen LogP contribution < -0.4 is 10.6 Å². The van der Waals surface area contributed by atoms with Crippen LogP contribution in [0.25, 0.3) is 0 Å². The maximum absolute atomic E-state index is 12.2. The molecular weight excluding hydrogens is 247 g/mol. The molecular formula is C10H14F3N5. The molecule has 0 unspecified atom stereocenters. The smallest absolute Gasteiger partial charge is 0.382 e. The average molecular weight is 261 g/mol. The zero-order valence-electron chi connectivity index (χ0n) is 9.69. The summed E-state index contributed by atoms with van der Waals surface area (Å²) >= 11 is 0. The van der Waals surface area contributed by atoms with Gasteiger partial charge >= 0.3 is 6.18 Å². The van der Waals surface area contributed by atoms with E-state index in [2.05, 4.69) is 9.97 Å². The van der Waals surface area contributed by atoms with Crippen LogP contribution in [0.2, 0.25) is 0 Å². The summed E-state index contributed by atoms with van der Waals surface area (Å²) in [6, 6.07) is 0. The van der Waals surface area contributed by atoms with E-state index >= 15 is 0 Å². The minimum atomic E-state index is -4.14. The summed E-state index contributed by atoms with van der Waals surface area (Å²) in [4.78, 5) is 11.3. The van der Waals surface area contributed by atoms with Crippen molar-refractivity contribution in [3.8, 4) is 0 Å². The highest BCUT2D eigenvalue weighted by molar-refractivity contribution is 5.39. The van der Waals surface area contributed by atoms with Crippen molar-refractivity contribution in [2.75, 3.05) is 43.4 Å². The van der Waals surface area contributed by atoms with Crippen LogP contribution in [0.15, 0.2) is 12.4 Å². The normalized spacial score (nSPS) is 18.1. The fraction of sp³-hybridized carbons (Fsp3) is 0.600. The van der Waals surface area contributed by atoms with Gasteiger partial charge in [-0.2, -0.15) is 13.2 Å². The molecule has 2 heterocycles. The van der Waals surface area contributed by atoms with Crippen LogP contribution in [-0.2, 0) is 0 Å². The van der Waals surface area contributed by atoms with E-state index in [9.17, 15) is 13.2 Å². The van der Waals surface area contributed by atoms with Gasteiger partial charge in [-0.3, -0.25) is 4.90 Å². The van der Waals surface area contributed by atoms with Crippen LogP contribution in [0.5, 0.6) is 0 Å². The van der Waals surface area contributed by atoms with Crippen molar-refractivity contribution < 1.29 is 13.2 Å². The Labute approximate surface area is 102 Å². The quantitative estimate of drug-likeness (QED) is 0.851. The van der Waals surface area contributed by atoms with E-state index < -0.39 is 12.7 Å². The largest absolute Gasteiger partial charge is 0.401 e. The Morgan fingerprint density at radius 1 is 1.11 bits per heavy atom. The van der Waals surface area contributed by atoms with Crippen LogP contribution in [0, 0.1) is 0 Å². The lowest BCUT2D eigenvalue weighted by Crippen LogP contribution is -2.49. The van der Waals surface area contributed by atoms with E-state index in [0.29, 0.717) is 37.8 Å². The Kier molecular flexibility index (Phi) is 3.55. The topological polar surface area (TPSA) is 58.3 Å². The molecule has 0 amide bonds. The summed E-state index contributed by atoms with van der Waals surface area (Å²) in [6.45, 7) is 0.898. The number of anilines is 2. The predicted molar refractivity (Wildman–Crippen MR) is 61.2 cm³/mol. The fourth-order valence-corrected chi connectivity index (χ4v) is 1.88. The second kappa shape index (κ2) is 4.97. The molecule has 2 rings (SSSR count). The molecule has 1 aliphatic heterocycles. The molecule has 18 heavy (non-hydrogen) atoms. The molecule has 2 N–H and O–H groups in total. The van der Waals surface area contributed by atoms with Gasteiger partial charge in [-0.15, -0.1) is 0 Å². The Balaban J connectivity index is 1.88. The first-order valence-corrected chi connectivity index (χ1v) is 5.55. The zero-order valence-corrected chi connectivity index (χ0v) is 9.69. The van der Waals surface area contributed by atoms with Gasteiger partial charge in [-0.25, -0.2) is 9.97 Å². The highest BCUT2D eigenvalue weighted by Gasteiger charge is 2.32. The van der Waals surface area contributed by atoms with Crippen molar-refractivity contribution >= 4 is 11.6 Å². The summed E-state index contributed by atoms with van der Waals surface area (Å²) in [5.41, 5.74) is 5.42. The minimum absolute atomic E-state index is 0.328. The van der Waals surface area contributed by atoms with E-state index in [-0.39, 0.29) is 0 Å². The first-order valence-electron chi connectivity index (χ1n) is 5.55. The van der Waals surface area contributed by atoms with Crippen LogP contribution in [0.1, 0.15) is 0 Å². The van der Waals surface area contributed by atoms with Gasteiger partial charge in [-0.1, -0.05) is 0 Å². The third kappa shape index (κ3) is 3.46. The van der Waals surface area contributed by atoms with Gasteiger partial charge < -0.3 is 10.6 Å². The molecule has 0 aromatic carbocycles. The van der Waals surface area contributed by atoms with Gasteiger partial charge in [0.25, 0.3) is 0 Å². The number of alkyl halides is 3. The van der Waals surface area contributed by atoms with Gasteiger partial charge in [0, 0.05) is 26.2 Å². The molecule has 8 heteroatoms. The summed E-state index contributed by atoms with van der Waals surface area (Å²) in [5, 5.41) is 0. The van der Waals surface area contributed by atoms with E-state index in [1.54, 1.807) is 0 Å². The molecule has 1 fully saturated rings. The lowest BCUT2D eigenvalue weighted by atomic mass is 10.3. The highest BCUT2D eigenvalue weighted by Crippen LogP contribution is 2.19. The van der Waals surface area contributed by atoms with E-state index in [0.717, 1.165) is 0 Å². The lowest BCUT2D eigenvalue weighted by Gasteiger charge is -2.35. The average Bonchev–Trinajstić information content (AvgIpc) is 2.29. The number of aromatic nitrogens is 2. The first kappa shape index (κ1) is 12.9. The Morgan fingerprint density at radius 3 is 2.28 bits per heavy atom. The summed E-state index contributed by atoms with van der Waals surface area (Å²) in [7, 11) is 0. The molecule has 1 aromatic heterocycles. The standard InChI is InChI=1S/C10H14F3N5/c11-10(12,13)7-17-1-3-18(4-2-17)9-6-15-8(14)5-16-9/h5-6H,1-4,7H2,(H2,14,15). The maximum Gasteiger partial charge on any atom is 0.401 e. The van der Waals surface area contributed by atoms with Crippen molar-refractivity contribution in [1.29, 1.82) is 0 Å². The third-order valence-electron chi connectivity index (χ3n) is 2.76. The van der Waals surface area contributed by atoms with Crippen molar-refractivity contribution in [2.45, 2.75) is 6.18 Å². The molecule has 1 aliphatic rings. The second-order valence-corrected chi connectivity index (χ2v) is 4.18. The molecule has 0 saturated carbocycles. The molecule has 100 valence electrons. The molecule has 0 atom stereocenters. The van der Waals surface area contributed by atoms with Gasteiger partial charge in [0.15, 0.2) is 0 Å². The number of nitrogen functional groups attached to an aromatic ring is 1. The van der Waals surface area contributed by atoms with Crippen LogP contribution in [-0.4, -0.2) is 53.8 Å². The Bertz CT molecular complexity index is 383. The summed E-state index contributed by atoms with van der Waals surface area (Å²) < 4.78 is 36.6. The number of rotatable bonds is 2. The number of halogens is 3. The molecule has 0 aliphatic carbocycles. The monoisotopic (exact) mass is 261 g/mol. The molecule has 0 radical (unpaired) electrons. The molecule has 0 spiro atoms. The van der Waals surface area contributed by atoms with E-state index in [1.807, 2.05) is 4.90 Å². The maximum atomic E-state index is 12.2. The van der Waals surface area contributed by atoms with Crippen LogP contribution in [0.4, 0.5) is 24.8 Å². The Hall–Kier alpha value is -1.57. The number of piperazine rings is 1. The zero-order chi connectivity index (χ0) is 13.2. The van der Waals surface area contributed by atoms with Gasteiger partial charge in [0.05, 0.1) is 18.9 Å². The molecule has 5 nitrogen and oxygen atoms in total. The SMILES string of the molecule is Nc1cnc(N2CCN(CC(F)(F)F)CC2)cn1. The predicted octanol–water partition coefficient (Wildman–Crippen LogP) is 0.743. The van der Waals surface area contributed by atoms with Gasteiger partial charge in [-0.05, 0) is 0 Å². The fourth-order valence-electron chi connectivity index (χ4n) is 1.88. The minimum Gasteiger partial charge on any atom is -0.382 e. The van der Waals surface area contributed by atoms with Crippen LogP contribution >= 0.6 is 0 Å². The van der Waals surface area contributed by atoms with Crippen LogP contribution in [0.3, 0.4) is 0 Å². The Morgan fingerprint density at radius 2 is 1.78 bits per heavy atom. The summed E-state index contributed by atoms with van der Waals surface area (Å²) in [6.07, 6.45) is -1.16. The van der Waals surface area contributed by atoms with Gasteiger partial charge in [0.1, 0.15) is 11.6 Å². The molecule has 0 bridgehead atoms.